The van der Waals surface area contributed by atoms with E-state index >= 15 is 0 Å². The van der Waals surface area contributed by atoms with Crippen LogP contribution in [0, 0.1) is 0 Å². The van der Waals surface area contributed by atoms with Crippen molar-refractivity contribution >= 4 is 38.7 Å². The maximum atomic E-state index is 12.3. The summed E-state index contributed by atoms with van der Waals surface area (Å²) in [6.45, 7) is 0.0612. The number of ether oxygens (including phenoxy) is 1. The molecule has 0 saturated heterocycles. The van der Waals surface area contributed by atoms with Crippen LogP contribution in [0.4, 0.5) is 0 Å². The molecule has 0 saturated carbocycles. The zero-order valence-corrected chi connectivity index (χ0v) is 16.4. The van der Waals surface area contributed by atoms with Gasteiger partial charge in [-0.3, -0.25) is 9.59 Å². The number of Topliss-reactive ketones (excluding diaryl/α,β-unsaturated/α-hetero) is 1. The van der Waals surface area contributed by atoms with Crippen molar-refractivity contribution in [2.24, 2.45) is 0 Å². The minimum absolute atomic E-state index is 0.0612. The van der Waals surface area contributed by atoms with Gasteiger partial charge in [0.15, 0.2) is 15.6 Å². The molecule has 0 aromatic heterocycles. The number of carbonyl (C=O) groups is 3. The van der Waals surface area contributed by atoms with Gasteiger partial charge in [0.2, 0.25) is 0 Å². The van der Waals surface area contributed by atoms with Crippen LogP contribution in [0.3, 0.4) is 0 Å². The van der Waals surface area contributed by atoms with Crippen LogP contribution in [0.1, 0.15) is 34.3 Å². The number of benzene rings is 2. The predicted octanol–water partition coefficient (Wildman–Crippen LogP) is 2.61. The number of sulfone groups is 1. The molecule has 2 aromatic carbocycles. The van der Waals surface area contributed by atoms with Crippen LogP contribution in [0.2, 0.25) is 0 Å². The Morgan fingerprint density at radius 1 is 0.966 bits per heavy atom. The second-order valence-electron chi connectivity index (χ2n) is 6.62. The van der Waals surface area contributed by atoms with E-state index in [0.29, 0.717) is 27.8 Å². The van der Waals surface area contributed by atoms with Crippen molar-refractivity contribution in [3.63, 3.8) is 0 Å². The van der Waals surface area contributed by atoms with Crippen LogP contribution in [0.25, 0.3) is 11.1 Å². The monoisotopic (exact) mass is 414 g/mol. The van der Waals surface area contributed by atoms with Crippen molar-refractivity contribution < 1.29 is 32.6 Å². The Labute approximate surface area is 167 Å². The molecule has 1 N–H and O–H groups in total. The Morgan fingerprint density at radius 2 is 1.55 bits per heavy atom. The summed E-state index contributed by atoms with van der Waals surface area (Å²) in [6.07, 6.45) is 0.775. The van der Waals surface area contributed by atoms with Crippen molar-refractivity contribution in [1.82, 2.24) is 0 Å². The van der Waals surface area contributed by atoms with E-state index in [1.165, 1.54) is 12.1 Å². The lowest BCUT2D eigenvalue weighted by Crippen LogP contribution is -2.04. The molecule has 0 atom stereocenters. The van der Waals surface area contributed by atoms with Gasteiger partial charge in [0.05, 0.1) is 16.9 Å². The smallest absolute Gasteiger partial charge is 0.339 e. The molecule has 7 nitrogen and oxygen atoms in total. The molecule has 0 amide bonds. The third kappa shape index (κ3) is 4.60. The first-order valence-corrected chi connectivity index (χ1v) is 10.6. The Morgan fingerprint density at radius 3 is 2.10 bits per heavy atom. The van der Waals surface area contributed by atoms with E-state index in [0.717, 1.165) is 6.26 Å². The van der Waals surface area contributed by atoms with E-state index in [-0.39, 0.29) is 30.1 Å². The van der Waals surface area contributed by atoms with Gasteiger partial charge in [-0.1, -0.05) is 36.4 Å². The van der Waals surface area contributed by atoms with E-state index in [2.05, 4.69) is 0 Å². The molecule has 0 spiro atoms. The largest absolute Gasteiger partial charge is 0.481 e. The third-order valence-electron chi connectivity index (χ3n) is 4.55. The van der Waals surface area contributed by atoms with Gasteiger partial charge in [-0.2, -0.15) is 0 Å². The van der Waals surface area contributed by atoms with Gasteiger partial charge in [-0.15, -0.1) is 0 Å². The van der Waals surface area contributed by atoms with Gasteiger partial charge < -0.3 is 9.84 Å². The summed E-state index contributed by atoms with van der Waals surface area (Å²) in [4.78, 5) is 35.1. The molecule has 0 bridgehead atoms. The van der Waals surface area contributed by atoms with Crippen molar-refractivity contribution in [1.29, 1.82) is 0 Å². The van der Waals surface area contributed by atoms with Crippen LogP contribution in [0.15, 0.2) is 53.4 Å². The van der Waals surface area contributed by atoms with Gasteiger partial charge in [0.25, 0.3) is 0 Å². The molecule has 0 aliphatic carbocycles. The number of hydrogen-bond donors (Lipinski definition) is 1. The van der Waals surface area contributed by atoms with Crippen molar-refractivity contribution in [3.05, 3.63) is 65.2 Å². The van der Waals surface area contributed by atoms with Crippen LogP contribution in [-0.2, 0) is 24.2 Å². The molecule has 29 heavy (non-hydrogen) atoms. The molecular formula is C21H18O7S. The van der Waals surface area contributed by atoms with Gasteiger partial charge in [-0.05, 0) is 23.3 Å². The SMILES string of the molecule is CS(=O)(=O)c1ccc(C2=C(c3ccc(C(=O)CCC(=O)O)cc3)C(=O)OC2)cc1. The molecule has 1 aliphatic heterocycles. The molecule has 3 rings (SSSR count). The zero-order valence-electron chi connectivity index (χ0n) is 15.5. The van der Waals surface area contributed by atoms with Crippen molar-refractivity contribution in [2.45, 2.75) is 17.7 Å². The lowest BCUT2D eigenvalue weighted by Gasteiger charge is -2.07. The number of carboxylic acid groups (broad SMARTS) is 1. The quantitative estimate of drug-likeness (QED) is 0.547. The molecule has 0 radical (unpaired) electrons. The summed E-state index contributed by atoms with van der Waals surface area (Å²) in [7, 11) is -3.33. The molecule has 150 valence electrons. The van der Waals surface area contributed by atoms with Gasteiger partial charge >= 0.3 is 11.9 Å². The van der Waals surface area contributed by atoms with E-state index < -0.39 is 21.8 Å². The summed E-state index contributed by atoms with van der Waals surface area (Å²) in [5, 5.41) is 8.68. The molecule has 1 aliphatic rings. The van der Waals surface area contributed by atoms with Gasteiger partial charge in [0, 0.05) is 23.8 Å². The number of rotatable bonds is 7. The number of ketones is 1. The number of esters is 1. The molecule has 0 unspecified atom stereocenters. The Hall–Kier alpha value is -3.26. The molecule has 2 aromatic rings. The molecule has 0 fully saturated rings. The second kappa shape index (κ2) is 8.00. The van der Waals surface area contributed by atoms with E-state index in [9.17, 15) is 22.8 Å². The van der Waals surface area contributed by atoms with Crippen LogP contribution in [-0.4, -0.2) is 44.1 Å². The summed E-state index contributed by atoms with van der Waals surface area (Å²) >= 11 is 0. The number of cyclic esters (lactones) is 1. The fourth-order valence-corrected chi connectivity index (χ4v) is 3.65. The number of hydrogen-bond acceptors (Lipinski definition) is 6. The third-order valence-corrected chi connectivity index (χ3v) is 5.67. The average molecular weight is 414 g/mol. The Bertz CT molecular complexity index is 1110. The minimum Gasteiger partial charge on any atom is -0.481 e. The highest BCUT2D eigenvalue weighted by Gasteiger charge is 2.27. The van der Waals surface area contributed by atoms with Crippen LogP contribution < -0.4 is 0 Å². The van der Waals surface area contributed by atoms with Crippen molar-refractivity contribution in [2.75, 3.05) is 12.9 Å². The van der Waals surface area contributed by atoms with E-state index in [1.807, 2.05) is 0 Å². The second-order valence-corrected chi connectivity index (χ2v) is 8.64. The topological polar surface area (TPSA) is 115 Å². The fourth-order valence-electron chi connectivity index (χ4n) is 3.02. The van der Waals surface area contributed by atoms with E-state index in [1.54, 1.807) is 36.4 Å². The maximum absolute atomic E-state index is 12.3. The van der Waals surface area contributed by atoms with E-state index in [4.69, 9.17) is 9.84 Å². The summed E-state index contributed by atoms with van der Waals surface area (Å²) < 4.78 is 28.4. The predicted molar refractivity (Wildman–Crippen MR) is 105 cm³/mol. The van der Waals surface area contributed by atoms with Crippen molar-refractivity contribution in [3.8, 4) is 0 Å². The first-order chi connectivity index (χ1) is 13.7. The van der Waals surface area contributed by atoms with Gasteiger partial charge in [-0.25, -0.2) is 13.2 Å². The maximum Gasteiger partial charge on any atom is 0.339 e. The summed E-state index contributed by atoms with van der Waals surface area (Å²) in [6, 6.07) is 12.5. The lowest BCUT2D eigenvalue weighted by molar-refractivity contribution is -0.137. The van der Waals surface area contributed by atoms with Crippen LogP contribution in [0.5, 0.6) is 0 Å². The standard InChI is InChI=1S/C21H18O7S/c1-29(26,27)16-8-6-13(7-9-16)17-12-28-21(25)20(17)15-4-2-14(3-5-15)18(22)10-11-19(23)24/h2-9H,10-12H2,1H3,(H,23,24). The Kier molecular flexibility index (Phi) is 5.65. The molecular weight excluding hydrogens is 396 g/mol. The highest BCUT2D eigenvalue weighted by Crippen LogP contribution is 2.33. The first kappa shape index (κ1) is 20.5. The fraction of sp³-hybridized carbons (Fsp3) is 0.190. The highest BCUT2D eigenvalue weighted by molar-refractivity contribution is 7.90. The van der Waals surface area contributed by atoms with Gasteiger partial charge in [0.1, 0.15) is 6.61 Å². The average Bonchev–Trinajstić information content (AvgIpc) is 3.07. The Balaban J connectivity index is 1.92. The molecule has 8 heteroatoms. The molecule has 1 heterocycles. The highest BCUT2D eigenvalue weighted by atomic mass is 32.2. The first-order valence-electron chi connectivity index (χ1n) is 8.73. The number of carboxylic acids is 1. The number of aliphatic carboxylic acids is 1. The zero-order chi connectivity index (χ0) is 21.2. The minimum atomic E-state index is -3.33. The number of carbonyl (C=O) groups excluding carboxylic acids is 2. The summed E-state index contributed by atoms with van der Waals surface area (Å²) in [5.41, 5.74) is 2.56. The summed E-state index contributed by atoms with van der Waals surface area (Å²) in [5.74, 6) is -1.84. The normalized spacial score (nSPS) is 14.0. The lowest BCUT2D eigenvalue weighted by atomic mass is 9.95. The van der Waals surface area contributed by atoms with Crippen LogP contribution >= 0.6 is 0 Å².